The molecule has 8 atom stereocenters. The van der Waals surface area contributed by atoms with E-state index in [1.165, 1.54) is 62.5 Å². The first kappa shape index (κ1) is 36.3. The normalized spacial score (nSPS) is 36.9. The third-order valence-electron chi connectivity index (χ3n) is 14.5. The second kappa shape index (κ2) is 14.5. The van der Waals surface area contributed by atoms with Crippen LogP contribution in [-0.2, 0) is 4.79 Å². The van der Waals surface area contributed by atoms with Gasteiger partial charge in [-0.3, -0.25) is 9.69 Å². The van der Waals surface area contributed by atoms with Crippen LogP contribution >= 0.6 is 0 Å². The Morgan fingerprint density at radius 2 is 1.57 bits per heavy atom. The van der Waals surface area contributed by atoms with Crippen LogP contribution in [0.15, 0.2) is 43.0 Å². The Labute approximate surface area is 286 Å². The molecule has 5 aliphatic carbocycles. The molecule has 0 saturated heterocycles. The maximum atomic E-state index is 14.0. The van der Waals surface area contributed by atoms with Crippen molar-refractivity contribution in [3.05, 3.63) is 54.1 Å². The molecule has 1 amide bonds. The second-order valence-electron chi connectivity index (χ2n) is 17.1. The number of carbonyl (C=O) groups excluding carboxylic acids is 1. The summed E-state index contributed by atoms with van der Waals surface area (Å²) >= 11 is 0. The smallest absolute Gasteiger partial charge is 0.226 e. The Kier molecular flexibility index (Phi) is 11.2. The number of nitrogens with one attached hydrogen (secondary N) is 1. The van der Waals surface area contributed by atoms with Crippen LogP contribution < -0.4 is 5.32 Å². The number of carbonyl (C=O) groups is 1. The highest BCUT2D eigenvalue weighted by molar-refractivity contribution is 5.83. The molecular formula is C42H66N2O3. The maximum Gasteiger partial charge on any atom is 0.226 e. The lowest BCUT2D eigenvalue weighted by Crippen LogP contribution is -2.62. The zero-order valence-electron chi connectivity index (χ0n) is 30.6. The number of aliphatic hydroxyl groups excluding tert-OH is 2. The first-order valence-corrected chi connectivity index (χ1v) is 19.0. The van der Waals surface area contributed by atoms with Crippen molar-refractivity contribution in [1.29, 1.82) is 0 Å². The van der Waals surface area contributed by atoms with Gasteiger partial charge in [0.25, 0.3) is 0 Å². The van der Waals surface area contributed by atoms with Gasteiger partial charge in [0.05, 0.1) is 18.6 Å². The molecule has 1 aromatic rings. The van der Waals surface area contributed by atoms with E-state index in [0.29, 0.717) is 54.8 Å². The Morgan fingerprint density at radius 3 is 2.23 bits per heavy atom. The fourth-order valence-electron chi connectivity index (χ4n) is 12.6. The Balaban J connectivity index is 0.00000139. The topological polar surface area (TPSA) is 72.8 Å². The monoisotopic (exact) mass is 647 g/mol. The van der Waals surface area contributed by atoms with E-state index >= 15 is 0 Å². The van der Waals surface area contributed by atoms with E-state index < -0.39 is 0 Å². The zero-order valence-corrected chi connectivity index (χ0v) is 30.6. The number of rotatable bonds is 9. The lowest BCUT2D eigenvalue weighted by molar-refractivity contribution is -0.181. The minimum Gasteiger partial charge on any atom is -0.395 e. The quantitative estimate of drug-likeness (QED) is 0.238. The minimum absolute atomic E-state index is 0.0737. The third kappa shape index (κ3) is 6.43. The van der Waals surface area contributed by atoms with Crippen LogP contribution in [0.3, 0.4) is 0 Å². The number of benzene rings is 1. The largest absolute Gasteiger partial charge is 0.395 e. The molecule has 6 rings (SSSR count). The van der Waals surface area contributed by atoms with Crippen molar-refractivity contribution in [2.24, 2.45) is 51.2 Å². The van der Waals surface area contributed by atoms with Gasteiger partial charge in [0.1, 0.15) is 0 Å². The van der Waals surface area contributed by atoms with Gasteiger partial charge in [-0.1, -0.05) is 76.1 Å². The van der Waals surface area contributed by atoms with E-state index in [4.69, 9.17) is 0 Å². The lowest BCUT2D eigenvalue weighted by Gasteiger charge is -2.68. The van der Waals surface area contributed by atoms with Crippen LogP contribution in [0.2, 0.25) is 0 Å². The van der Waals surface area contributed by atoms with Crippen molar-refractivity contribution in [2.75, 3.05) is 39.4 Å². The highest BCUT2D eigenvalue weighted by Gasteiger charge is 2.66. The van der Waals surface area contributed by atoms with Gasteiger partial charge in [-0.2, -0.15) is 0 Å². The number of aliphatic hydroxyl groups is 2. The van der Waals surface area contributed by atoms with E-state index in [9.17, 15) is 15.0 Å². The first-order chi connectivity index (χ1) is 22.4. The molecule has 262 valence electrons. The summed E-state index contributed by atoms with van der Waals surface area (Å²) in [6.07, 6.45) is 16.5. The highest BCUT2D eigenvalue weighted by Crippen LogP contribution is 2.73. The van der Waals surface area contributed by atoms with Gasteiger partial charge in [0.15, 0.2) is 0 Å². The van der Waals surface area contributed by atoms with Gasteiger partial charge in [0.2, 0.25) is 5.91 Å². The van der Waals surface area contributed by atoms with E-state index in [1.54, 1.807) is 11.6 Å². The molecule has 47 heavy (non-hydrogen) atoms. The van der Waals surface area contributed by atoms with Crippen molar-refractivity contribution in [3.63, 3.8) is 0 Å². The van der Waals surface area contributed by atoms with Gasteiger partial charge in [-0.15, -0.1) is 6.58 Å². The number of aryl methyl sites for hydroxylation is 1. The molecule has 4 saturated carbocycles. The van der Waals surface area contributed by atoms with Crippen molar-refractivity contribution >= 4 is 11.5 Å². The Morgan fingerprint density at radius 1 is 0.894 bits per heavy atom. The van der Waals surface area contributed by atoms with Gasteiger partial charge >= 0.3 is 0 Å². The van der Waals surface area contributed by atoms with Crippen LogP contribution in [0.4, 0.5) is 0 Å². The molecule has 5 aliphatic rings. The molecule has 0 aromatic heterocycles. The van der Waals surface area contributed by atoms with E-state index in [0.717, 1.165) is 24.7 Å². The van der Waals surface area contributed by atoms with Crippen LogP contribution in [0, 0.1) is 58.2 Å². The van der Waals surface area contributed by atoms with Crippen molar-refractivity contribution < 1.29 is 15.0 Å². The summed E-state index contributed by atoms with van der Waals surface area (Å²) in [5.41, 5.74) is 4.96. The predicted molar refractivity (Wildman–Crippen MR) is 195 cm³/mol. The Hall–Kier alpha value is -1.95. The number of hydrogen-bond donors (Lipinski definition) is 3. The summed E-state index contributed by atoms with van der Waals surface area (Å²) < 4.78 is 0. The molecular weight excluding hydrogens is 580 g/mol. The van der Waals surface area contributed by atoms with Crippen molar-refractivity contribution in [3.8, 4) is 0 Å². The second-order valence-corrected chi connectivity index (χ2v) is 17.1. The van der Waals surface area contributed by atoms with Crippen LogP contribution in [0.1, 0.15) is 110 Å². The molecule has 0 radical (unpaired) electrons. The molecule has 3 N–H and O–H groups in total. The average molecular weight is 647 g/mol. The number of amides is 1. The fourth-order valence-corrected chi connectivity index (χ4v) is 12.6. The number of fused-ring (bicyclic) bond motifs is 7. The summed E-state index contributed by atoms with van der Waals surface area (Å²) in [7, 11) is 0. The van der Waals surface area contributed by atoms with Gasteiger partial charge in [0, 0.05) is 26.2 Å². The molecule has 5 heteroatoms. The van der Waals surface area contributed by atoms with Gasteiger partial charge in [-0.05, 0) is 129 Å². The average Bonchev–Trinajstić information content (AvgIpc) is 3.48. The van der Waals surface area contributed by atoms with E-state index in [1.807, 2.05) is 11.8 Å². The predicted octanol–water partition coefficient (Wildman–Crippen LogP) is 8.05. The molecule has 0 aliphatic heterocycles. The summed E-state index contributed by atoms with van der Waals surface area (Å²) in [5, 5.41) is 22.1. The van der Waals surface area contributed by atoms with E-state index in [-0.39, 0.29) is 30.0 Å². The molecule has 0 heterocycles. The number of nitrogens with zero attached hydrogens (tertiary/aromatic N) is 1. The summed E-state index contributed by atoms with van der Waals surface area (Å²) in [5.74, 6) is 3.66. The summed E-state index contributed by atoms with van der Waals surface area (Å²) in [6, 6.07) is 9.23. The molecule has 5 nitrogen and oxygen atoms in total. The van der Waals surface area contributed by atoms with Gasteiger partial charge in [-0.25, -0.2) is 0 Å². The van der Waals surface area contributed by atoms with E-state index in [2.05, 4.69) is 76.9 Å². The third-order valence-corrected chi connectivity index (χ3v) is 14.5. The number of allylic oxidation sites excluding steroid dienone is 3. The van der Waals surface area contributed by atoms with Gasteiger partial charge < -0.3 is 15.5 Å². The molecule has 8 unspecified atom stereocenters. The standard InChI is InChI=1S/C39H60N2O3.C3H6/c1-27-8-10-28(11-9-27)30-14-18-38(5)33(36(30,2)3)16-19-37(4)31-15-20-39(17-6-7-32(39)29(31)12-13-34(37)38)35(44)40-21-22-41(23-25-42)24-26-43;1-3-2/h8-11,14,29,31-34,42-43H,6-7,12-13,15-26H2,1-5H3,(H,40,44);3H,1H2,2H3. The lowest BCUT2D eigenvalue weighted by atomic mass is 9.36. The zero-order chi connectivity index (χ0) is 34.0. The maximum absolute atomic E-state index is 14.0. The molecule has 0 bridgehead atoms. The Bertz CT molecular complexity index is 1260. The van der Waals surface area contributed by atoms with Crippen molar-refractivity contribution in [1.82, 2.24) is 10.2 Å². The first-order valence-electron chi connectivity index (χ1n) is 19.0. The molecule has 4 fully saturated rings. The molecule has 0 spiro atoms. The van der Waals surface area contributed by atoms with Crippen LogP contribution in [0.5, 0.6) is 0 Å². The summed E-state index contributed by atoms with van der Waals surface area (Å²) in [4.78, 5) is 16.0. The molecule has 1 aromatic carbocycles. The van der Waals surface area contributed by atoms with Crippen LogP contribution in [0.25, 0.3) is 5.57 Å². The fraction of sp³-hybridized carbons (Fsp3) is 0.738. The minimum atomic E-state index is -0.192. The highest BCUT2D eigenvalue weighted by atomic mass is 16.3. The SMILES string of the molecule is C=CC.Cc1ccc(C2=CCC3(C)C(CCC4(C)C5CCC6(C(=O)NCCN(CCO)CCO)CCCC6C5CCC43)C2(C)C)cc1. The van der Waals surface area contributed by atoms with Crippen LogP contribution in [-0.4, -0.2) is 60.4 Å². The van der Waals surface area contributed by atoms with Crippen molar-refractivity contribution in [2.45, 2.75) is 106 Å². The number of hydrogen-bond acceptors (Lipinski definition) is 4. The summed E-state index contributed by atoms with van der Waals surface area (Å²) in [6.45, 7) is 20.3.